The summed E-state index contributed by atoms with van der Waals surface area (Å²) < 4.78 is 52.5. The molecule has 2 amide bonds. The van der Waals surface area contributed by atoms with Crippen molar-refractivity contribution in [1.82, 2.24) is 10.2 Å². The van der Waals surface area contributed by atoms with Crippen LogP contribution in [0.15, 0.2) is 72.8 Å². The topological polar surface area (TPSA) is 105 Å². The number of rotatable bonds is 13. The third-order valence-corrected chi connectivity index (χ3v) is 8.75. The molecule has 4 rings (SSSR count). The first kappa shape index (κ1) is 31.8. The van der Waals surface area contributed by atoms with Crippen LogP contribution in [0.4, 0.5) is 10.1 Å². The van der Waals surface area contributed by atoms with Gasteiger partial charge in [-0.3, -0.25) is 13.9 Å². The second-order valence-electron chi connectivity index (χ2n) is 10.6. The van der Waals surface area contributed by atoms with E-state index >= 15 is 0 Å². The average Bonchev–Trinajstić information content (AvgIpc) is 3.51. The van der Waals surface area contributed by atoms with Gasteiger partial charge in [-0.2, -0.15) is 0 Å². The van der Waals surface area contributed by atoms with Crippen molar-refractivity contribution >= 4 is 27.5 Å². The number of ether oxygens (including phenoxy) is 2. The van der Waals surface area contributed by atoms with Crippen LogP contribution in [0.3, 0.4) is 0 Å². The number of hydrogen-bond donors (Lipinski definition) is 1. The number of halogens is 1. The van der Waals surface area contributed by atoms with Gasteiger partial charge in [-0.25, -0.2) is 12.8 Å². The van der Waals surface area contributed by atoms with E-state index in [0.717, 1.165) is 41.8 Å². The van der Waals surface area contributed by atoms with Gasteiger partial charge in [0.15, 0.2) is 11.5 Å². The highest BCUT2D eigenvalue weighted by atomic mass is 32.2. The van der Waals surface area contributed by atoms with E-state index in [1.807, 2.05) is 30.3 Å². The Morgan fingerprint density at radius 1 is 0.953 bits per heavy atom. The van der Waals surface area contributed by atoms with Crippen molar-refractivity contribution in [3.05, 3.63) is 89.7 Å². The highest BCUT2D eigenvalue weighted by molar-refractivity contribution is 7.92. The lowest BCUT2D eigenvalue weighted by atomic mass is 10.0. The molecule has 0 bridgehead atoms. The maximum absolute atomic E-state index is 14.9. The molecular formula is C32H38FN3O6S. The van der Waals surface area contributed by atoms with Crippen LogP contribution in [0, 0.1) is 5.82 Å². The maximum Gasteiger partial charge on any atom is 0.244 e. The summed E-state index contributed by atoms with van der Waals surface area (Å²) in [6.45, 7) is -0.852. The van der Waals surface area contributed by atoms with Crippen LogP contribution < -0.4 is 19.1 Å². The van der Waals surface area contributed by atoms with Crippen molar-refractivity contribution in [2.45, 2.75) is 50.7 Å². The minimum Gasteiger partial charge on any atom is -0.493 e. The summed E-state index contributed by atoms with van der Waals surface area (Å²) >= 11 is 0. The fourth-order valence-electron chi connectivity index (χ4n) is 5.33. The molecule has 230 valence electrons. The summed E-state index contributed by atoms with van der Waals surface area (Å²) in [5, 5.41) is 3.09. The zero-order valence-electron chi connectivity index (χ0n) is 24.7. The van der Waals surface area contributed by atoms with E-state index < -0.39 is 34.3 Å². The lowest BCUT2D eigenvalue weighted by Crippen LogP contribution is -2.54. The van der Waals surface area contributed by atoms with Crippen LogP contribution in [0.1, 0.15) is 36.8 Å². The molecule has 1 atom stereocenters. The Morgan fingerprint density at radius 3 is 2.23 bits per heavy atom. The lowest BCUT2D eigenvalue weighted by molar-refractivity contribution is -0.140. The van der Waals surface area contributed by atoms with Crippen LogP contribution in [0.25, 0.3) is 0 Å². The Bertz CT molecular complexity index is 1510. The number of nitrogens with one attached hydrogen (secondary N) is 1. The van der Waals surface area contributed by atoms with Gasteiger partial charge < -0.3 is 19.7 Å². The molecule has 0 radical (unpaired) electrons. The number of amides is 2. The van der Waals surface area contributed by atoms with Crippen molar-refractivity contribution in [1.29, 1.82) is 0 Å². The molecule has 43 heavy (non-hydrogen) atoms. The molecule has 1 N–H and O–H groups in total. The molecule has 3 aromatic rings. The Hall–Kier alpha value is -4.12. The number of benzene rings is 3. The van der Waals surface area contributed by atoms with Crippen molar-refractivity contribution in [2.75, 3.05) is 31.3 Å². The first-order valence-electron chi connectivity index (χ1n) is 14.2. The van der Waals surface area contributed by atoms with E-state index in [1.165, 1.54) is 37.3 Å². The molecule has 0 spiro atoms. The van der Waals surface area contributed by atoms with Gasteiger partial charge in [-0.15, -0.1) is 0 Å². The third-order valence-electron chi connectivity index (χ3n) is 7.61. The van der Waals surface area contributed by atoms with Gasteiger partial charge in [0.25, 0.3) is 0 Å². The number of nitrogens with zero attached hydrogens (tertiary/aromatic N) is 2. The first-order valence-corrected chi connectivity index (χ1v) is 16.0. The Morgan fingerprint density at radius 2 is 1.60 bits per heavy atom. The normalized spacial score (nSPS) is 14.1. The number of hydrogen-bond acceptors (Lipinski definition) is 6. The molecular weight excluding hydrogens is 573 g/mol. The minimum absolute atomic E-state index is 0.0181. The molecule has 1 fully saturated rings. The largest absolute Gasteiger partial charge is 0.493 e. The first-order chi connectivity index (χ1) is 20.6. The molecule has 1 aliphatic rings. The molecule has 0 aromatic heterocycles. The predicted molar refractivity (Wildman–Crippen MR) is 163 cm³/mol. The zero-order chi connectivity index (χ0) is 31.0. The fourth-order valence-corrected chi connectivity index (χ4v) is 6.17. The molecule has 1 saturated carbocycles. The number of methoxy groups -OCH3 is 2. The molecule has 1 aliphatic carbocycles. The minimum atomic E-state index is -3.98. The summed E-state index contributed by atoms with van der Waals surface area (Å²) in [6.07, 6.45) is 4.83. The quantitative estimate of drug-likeness (QED) is 0.309. The highest BCUT2D eigenvalue weighted by Gasteiger charge is 2.34. The van der Waals surface area contributed by atoms with Gasteiger partial charge >= 0.3 is 0 Å². The summed E-state index contributed by atoms with van der Waals surface area (Å²) in [6, 6.07) is 18.7. The van der Waals surface area contributed by atoms with E-state index in [4.69, 9.17) is 9.47 Å². The van der Waals surface area contributed by atoms with Crippen molar-refractivity contribution in [3.63, 3.8) is 0 Å². The second-order valence-corrected chi connectivity index (χ2v) is 12.5. The Balaban J connectivity index is 1.75. The molecule has 9 nitrogen and oxygen atoms in total. The van der Waals surface area contributed by atoms with Crippen molar-refractivity contribution in [3.8, 4) is 11.5 Å². The summed E-state index contributed by atoms with van der Waals surface area (Å²) in [7, 11) is -1.10. The van der Waals surface area contributed by atoms with Crippen molar-refractivity contribution < 1.29 is 31.9 Å². The Kier molecular flexibility index (Phi) is 10.6. The van der Waals surface area contributed by atoms with Crippen LogP contribution in [0.5, 0.6) is 11.5 Å². The summed E-state index contributed by atoms with van der Waals surface area (Å²) in [5.41, 5.74) is 1.19. The smallest absolute Gasteiger partial charge is 0.244 e. The maximum atomic E-state index is 14.9. The highest BCUT2D eigenvalue weighted by Crippen LogP contribution is 2.32. The van der Waals surface area contributed by atoms with E-state index in [2.05, 4.69) is 5.32 Å². The van der Waals surface area contributed by atoms with Crippen LogP contribution >= 0.6 is 0 Å². The van der Waals surface area contributed by atoms with E-state index in [-0.39, 0.29) is 41.9 Å². The SMILES string of the molecule is COc1ccc(N(CC(=O)N(Cc2ccccc2F)[C@H](Cc2ccccc2)C(=O)NC2CCCC2)S(C)(=O)=O)cc1OC. The summed E-state index contributed by atoms with van der Waals surface area (Å²) in [5.74, 6) is -0.890. The van der Waals surface area contributed by atoms with Gasteiger partial charge in [0.05, 0.1) is 26.2 Å². The zero-order valence-corrected chi connectivity index (χ0v) is 25.5. The van der Waals surface area contributed by atoms with Crippen LogP contribution in [0.2, 0.25) is 0 Å². The third kappa shape index (κ3) is 8.25. The standard InChI is InChI=1S/C32H38FN3O6S/c1-41-29-18-17-26(20-30(29)42-2)36(43(3,39)40)22-31(37)35(21-24-13-7-10-16-27(24)33)28(19-23-11-5-4-6-12-23)32(38)34-25-14-8-9-15-25/h4-7,10-13,16-18,20,25,28H,8-9,14-15,19,21-22H2,1-3H3,(H,34,38)/t28-/m1/s1. The number of carbonyl (C=O) groups is 2. The molecule has 0 aliphatic heterocycles. The van der Waals surface area contributed by atoms with Crippen molar-refractivity contribution in [2.24, 2.45) is 0 Å². The van der Waals surface area contributed by atoms with Gasteiger partial charge in [0, 0.05) is 30.6 Å². The van der Waals surface area contributed by atoms with Gasteiger partial charge in [0.2, 0.25) is 21.8 Å². The average molecular weight is 612 g/mol. The molecule has 0 saturated heterocycles. The number of carbonyl (C=O) groups excluding carboxylic acids is 2. The number of sulfonamides is 1. The fraction of sp³-hybridized carbons (Fsp3) is 0.375. The van der Waals surface area contributed by atoms with Crippen LogP contribution in [-0.2, 0) is 32.6 Å². The lowest BCUT2D eigenvalue weighted by Gasteiger charge is -2.34. The van der Waals surface area contributed by atoms with Gasteiger partial charge in [0.1, 0.15) is 18.4 Å². The monoisotopic (exact) mass is 611 g/mol. The second kappa shape index (κ2) is 14.4. The van der Waals surface area contributed by atoms with E-state index in [1.54, 1.807) is 24.3 Å². The van der Waals surface area contributed by atoms with E-state index in [0.29, 0.717) is 5.75 Å². The molecule has 3 aromatic carbocycles. The molecule has 11 heteroatoms. The molecule has 0 heterocycles. The number of anilines is 1. The van der Waals surface area contributed by atoms with E-state index in [9.17, 15) is 22.4 Å². The summed E-state index contributed by atoms with van der Waals surface area (Å²) in [4.78, 5) is 29.4. The van der Waals surface area contributed by atoms with Crippen LogP contribution in [-0.4, -0.2) is 64.2 Å². The van der Waals surface area contributed by atoms with Gasteiger partial charge in [-0.1, -0.05) is 61.4 Å². The Labute approximate surface area is 252 Å². The van der Waals surface area contributed by atoms with Gasteiger partial charge in [-0.05, 0) is 36.6 Å². The molecule has 0 unspecified atom stereocenters. The predicted octanol–water partition coefficient (Wildman–Crippen LogP) is 4.31.